The van der Waals surface area contributed by atoms with E-state index in [0.717, 1.165) is 68.8 Å². The number of aromatic nitrogens is 4. The Hall–Kier alpha value is -4.78. The third kappa shape index (κ3) is 5.23. The molecule has 2 aliphatic rings. The van der Waals surface area contributed by atoms with Crippen LogP contribution in [0.5, 0.6) is 17.2 Å². The maximum Gasteiger partial charge on any atom is 0.203 e. The average molecular weight is 547 g/mol. The van der Waals surface area contributed by atoms with Gasteiger partial charge in [-0.25, -0.2) is 9.97 Å². The van der Waals surface area contributed by atoms with Gasteiger partial charge in [-0.1, -0.05) is 19.8 Å². The molecule has 0 saturated heterocycles. The van der Waals surface area contributed by atoms with Crippen LogP contribution in [0.1, 0.15) is 54.5 Å². The van der Waals surface area contributed by atoms with Gasteiger partial charge in [-0.3, -0.25) is 0 Å². The van der Waals surface area contributed by atoms with Crippen LogP contribution in [-0.2, 0) is 6.42 Å². The molecule has 0 fully saturated rings. The third-order valence-electron chi connectivity index (χ3n) is 7.49. The Balaban J connectivity index is 1.64. The maximum absolute atomic E-state index is 5.68. The molecule has 4 aromatic rings. The van der Waals surface area contributed by atoms with Gasteiger partial charge in [0.15, 0.2) is 11.5 Å². The lowest BCUT2D eigenvalue weighted by Gasteiger charge is -2.14. The summed E-state index contributed by atoms with van der Waals surface area (Å²) in [6, 6.07) is 16.4. The molecule has 0 spiro atoms. The molecule has 2 aliphatic heterocycles. The highest BCUT2D eigenvalue weighted by Gasteiger charge is 2.17. The molecule has 6 rings (SSSR count). The zero-order valence-electron chi connectivity index (χ0n) is 23.9. The first-order chi connectivity index (χ1) is 20.1. The number of nitrogens with one attached hydrogen (secondary N) is 2. The second-order valence-electron chi connectivity index (χ2n) is 10.2. The van der Waals surface area contributed by atoms with Crippen LogP contribution < -0.4 is 14.2 Å². The van der Waals surface area contributed by atoms with Crippen molar-refractivity contribution in [1.29, 1.82) is 0 Å². The Kier molecular flexibility index (Phi) is 7.33. The van der Waals surface area contributed by atoms with E-state index in [1.807, 2.05) is 12.1 Å². The lowest BCUT2D eigenvalue weighted by molar-refractivity contribution is 0.324. The smallest absolute Gasteiger partial charge is 0.203 e. The molecule has 7 heteroatoms. The van der Waals surface area contributed by atoms with E-state index in [9.17, 15) is 0 Å². The van der Waals surface area contributed by atoms with Crippen LogP contribution in [0, 0.1) is 0 Å². The van der Waals surface area contributed by atoms with E-state index in [1.165, 1.54) is 18.4 Å². The fourth-order valence-corrected chi connectivity index (χ4v) is 5.48. The van der Waals surface area contributed by atoms with Crippen molar-refractivity contribution in [1.82, 2.24) is 19.9 Å². The summed E-state index contributed by atoms with van der Waals surface area (Å²) in [5.41, 5.74) is 10.7. The van der Waals surface area contributed by atoms with Crippen LogP contribution in [0.3, 0.4) is 0 Å². The minimum atomic E-state index is 0.551. The van der Waals surface area contributed by atoms with Crippen molar-refractivity contribution < 1.29 is 14.2 Å². The Bertz CT molecular complexity index is 1710. The standard InChI is InChI=1S/C34H34N4O3/c1-5-6-7-8-26-27-13-9-22(35-27)19-24-11-15-29(37-24)33(21-17-31(39-2)34(41-4)32(18-21)40-3)30-16-12-25(38-30)20-23-10-14-28(26)36-23/h9-20,37-38H,5-8H2,1-4H3. The molecular weight excluding hydrogens is 512 g/mol. The second-order valence-corrected chi connectivity index (χ2v) is 10.2. The highest BCUT2D eigenvalue weighted by atomic mass is 16.5. The Morgan fingerprint density at radius 1 is 0.659 bits per heavy atom. The summed E-state index contributed by atoms with van der Waals surface area (Å²) < 4.78 is 16.9. The molecule has 0 unspecified atom stereocenters. The van der Waals surface area contributed by atoms with Crippen LogP contribution >= 0.6 is 0 Å². The minimum absolute atomic E-state index is 0.551. The molecular formula is C34H34N4O3. The van der Waals surface area contributed by atoms with Crippen LogP contribution in [0.4, 0.5) is 0 Å². The van der Waals surface area contributed by atoms with E-state index in [-0.39, 0.29) is 0 Å². The van der Waals surface area contributed by atoms with Gasteiger partial charge in [0.25, 0.3) is 0 Å². The van der Waals surface area contributed by atoms with Gasteiger partial charge in [-0.05, 0) is 91.2 Å². The summed E-state index contributed by atoms with van der Waals surface area (Å²) in [5.74, 6) is 1.73. The van der Waals surface area contributed by atoms with Gasteiger partial charge in [0.1, 0.15) is 0 Å². The molecule has 0 aliphatic carbocycles. The number of hydrogen-bond donors (Lipinski definition) is 2. The van der Waals surface area contributed by atoms with Crippen molar-refractivity contribution in [2.45, 2.75) is 32.6 Å². The number of hydrogen-bond acceptors (Lipinski definition) is 5. The molecule has 8 bridgehead atoms. The van der Waals surface area contributed by atoms with E-state index >= 15 is 0 Å². The number of aromatic amines is 2. The number of benzene rings is 1. The number of methoxy groups -OCH3 is 3. The number of nitrogens with zero attached hydrogens (tertiary/aromatic N) is 2. The van der Waals surface area contributed by atoms with Crippen molar-refractivity contribution in [3.63, 3.8) is 0 Å². The molecule has 1 aromatic carbocycles. The van der Waals surface area contributed by atoms with E-state index in [4.69, 9.17) is 24.2 Å². The molecule has 5 heterocycles. The lowest BCUT2D eigenvalue weighted by Crippen LogP contribution is -1.96. The summed E-state index contributed by atoms with van der Waals surface area (Å²) >= 11 is 0. The highest BCUT2D eigenvalue weighted by molar-refractivity contribution is 5.95. The van der Waals surface area contributed by atoms with Crippen molar-refractivity contribution >= 4 is 46.4 Å². The molecule has 0 saturated carbocycles. The Labute approximate surface area is 239 Å². The van der Waals surface area contributed by atoms with Crippen molar-refractivity contribution in [2.75, 3.05) is 21.3 Å². The number of ether oxygens (including phenoxy) is 3. The third-order valence-corrected chi connectivity index (χ3v) is 7.49. The fraction of sp³-hybridized carbons (Fsp3) is 0.235. The van der Waals surface area contributed by atoms with E-state index < -0.39 is 0 Å². The molecule has 0 atom stereocenters. The lowest BCUT2D eigenvalue weighted by atomic mass is 10.0. The van der Waals surface area contributed by atoms with Crippen LogP contribution in [0.2, 0.25) is 0 Å². The number of rotatable bonds is 8. The molecule has 3 aromatic heterocycles. The summed E-state index contributed by atoms with van der Waals surface area (Å²) in [6.45, 7) is 2.23. The first-order valence-corrected chi connectivity index (χ1v) is 14.0. The van der Waals surface area contributed by atoms with Crippen molar-refractivity contribution in [2.24, 2.45) is 0 Å². The SMILES string of the molecule is CCCCCc1c2nc(cc3ccc([nH]3)c(-c3cc(OC)c(OC)c(OC)c3)c3ccc(cc4nc1C=C4)[nH]3)C=C2. The van der Waals surface area contributed by atoms with Gasteiger partial charge >= 0.3 is 0 Å². The normalized spacial score (nSPS) is 12.1. The van der Waals surface area contributed by atoms with E-state index in [0.29, 0.717) is 17.2 Å². The molecule has 7 nitrogen and oxygen atoms in total. The average Bonchev–Trinajstić information content (AvgIpc) is 3.80. The van der Waals surface area contributed by atoms with Gasteiger partial charge in [0.05, 0.1) is 44.1 Å². The van der Waals surface area contributed by atoms with Crippen molar-refractivity contribution in [3.8, 4) is 28.4 Å². The van der Waals surface area contributed by atoms with Crippen LogP contribution in [-0.4, -0.2) is 41.3 Å². The van der Waals surface area contributed by atoms with E-state index in [1.54, 1.807) is 21.3 Å². The second kappa shape index (κ2) is 11.4. The minimum Gasteiger partial charge on any atom is -0.493 e. The molecule has 2 N–H and O–H groups in total. The topological polar surface area (TPSA) is 85.1 Å². The maximum atomic E-state index is 5.68. The highest BCUT2D eigenvalue weighted by Crippen LogP contribution is 2.42. The van der Waals surface area contributed by atoms with Gasteiger partial charge in [-0.2, -0.15) is 0 Å². The zero-order chi connectivity index (χ0) is 28.3. The largest absolute Gasteiger partial charge is 0.493 e. The Morgan fingerprint density at radius 3 is 1.71 bits per heavy atom. The molecule has 0 radical (unpaired) electrons. The summed E-state index contributed by atoms with van der Waals surface area (Å²) in [6.07, 6.45) is 12.8. The van der Waals surface area contributed by atoms with Gasteiger partial charge in [-0.15, -0.1) is 0 Å². The first-order valence-electron chi connectivity index (χ1n) is 14.0. The van der Waals surface area contributed by atoms with Crippen LogP contribution in [0.15, 0.2) is 48.5 Å². The fourth-order valence-electron chi connectivity index (χ4n) is 5.48. The van der Waals surface area contributed by atoms with Crippen LogP contribution in [0.25, 0.3) is 57.5 Å². The molecule has 0 amide bonds. The summed E-state index contributed by atoms with van der Waals surface area (Å²) in [4.78, 5) is 17.2. The first kappa shape index (κ1) is 26.4. The van der Waals surface area contributed by atoms with Gasteiger partial charge in [0, 0.05) is 33.2 Å². The number of H-pyrrole nitrogens is 2. The summed E-state index contributed by atoms with van der Waals surface area (Å²) in [5, 5.41) is 0. The predicted octanol–water partition coefficient (Wildman–Crippen LogP) is 8.08. The number of fused-ring (bicyclic) bond motifs is 8. The summed E-state index contributed by atoms with van der Waals surface area (Å²) in [7, 11) is 4.86. The predicted molar refractivity (Wildman–Crippen MR) is 167 cm³/mol. The van der Waals surface area contributed by atoms with Crippen molar-refractivity contribution in [3.05, 3.63) is 76.9 Å². The van der Waals surface area contributed by atoms with Gasteiger partial charge < -0.3 is 24.2 Å². The quantitative estimate of drug-likeness (QED) is 0.189. The molecule has 208 valence electrons. The van der Waals surface area contributed by atoms with Gasteiger partial charge in [0.2, 0.25) is 5.75 Å². The molecule has 41 heavy (non-hydrogen) atoms. The Morgan fingerprint density at radius 2 is 1.22 bits per heavy atom. The number of unbranched alkanes of at least 4 members (excludes halogenated alkanes) is 2. The van der Waals surface area contributed by atoms with E-state index in [2.05, 4.69) is 77.6 Å². The monoisotopic (exact) mass is 546 g/mol. The zero-order valence-corrected chi connectivity index (χ0v) is 23.9.